The van der Waals surface area contributed by atoms with E-state index < -0.39 is 0 Å². The molecule has 0 saturated carbocycles. The van der Waals surface area contributed by atoms with Crippen LogP contribution in [0.25, 0.3) is 23.3 Å². The molecule has 8 heteroatoms. The van der Waals surface area contributed by atoms with Crippen LogP contribution in [0.5, 0.6) is 11.5 Å². The van der Waals surface area contributed by atoms with Gasteiger partial charge in [-0.3, -0.25) is 9.80 Å². The van der Waals surface area contributed by atoms with Gasteiger partial charge in [-0.05, 0) is 148 Å². The van der Waals surface area contributed by atoms with Gasteiger partial charge < -0.3 is 29.4 Å². The van der Waals surface area contributed by atoms with Crippen LogP contribution in [0.3, 0.4) is 0 Å². The van der Waals surface area contributed by atoms with E-state index in [-0.39, 0.29) is 0 Å². The Hall–Kier alpha value is -5.44. The summed E-state index contributed by atoms with van der Waals surface area (Å²) in [4.78, 5) is 19.8. The summed E-state index contributed by atoms with van der Waals surface area (Å²) in [7, 11) is 0. The number of fused-ring (bicyclic) bond motifs is 8. The van der Waals surface area contributed by atoms with E-state index in [0.717, 1.165) is 91.0 Å². The van der Waals surface area contributed by atoms with Gasteiger partial charge in [-0.1, -0.05) is 37.1 Å². The lowest BCUT2D eigenvalue weighted by atomic mass is 10.0. The van der Waals surface area contributed by atoms with Crippen molar-refractivity contribution in [2.24, 2.45) is 0 Å². The zero-order valence-electron chi connectivity index (χ0n) is 31.0. The zero-order chi connectivity index (χ0) is 36.1. The van der Waals surface area contributed by atoms with Crippen molar-refractivity contribution >= 4 is 23.3 Å². The number of hydrogen-bond donors (Lipinski definition) is 4. The number of nitrogens with zero attached hydrogens (tertiary/aromatic N) is 2. The lowest BCUT2D eigenvalue weighted by Gasteiger charge is -2.26. The number of benzene rings is 2. The summed E-state index contributed by atoms with van der Waals surface area (Å²) in [5.74, 6) is 1.80. The molecule has 8 bridgehead atoms. The Morgan fingerprint density at radius 2 is 0.852 bits per heavy atom. The third kappa shape index (κ3) is 7.91. The van der Waals surface area contributed by atoms with Crippen LogP contribution in [-0.2, 0) is 0 Å². The molecule has 3 aliphatic rings. The quantitative estimate of drug-likeness (QED) is 0.157. The molecule has 276 valence electrons. The minimum Gasteiger partial charge on any atom is -0.492 e. The Morgan fingerprint density at radius 3 is 1.28 bits per heavy atom. The predicted molar refractivity (Wildman–Crippen MR) is 216 cm³/mol. The molecule has 2 saturated heterocycles. The third-order valence-electron chi connectivity index (χ3n) is 11.1. The minimum atomic E-state index is 0.710. The van der Waals surface area contributed by atoms with Crippen LogP contribution in [0.1, 0.15) is 72.4 Å². The molecule has 0 amide bonds. The molecule has 4 N–H and O–H groups in total. The largest absolute Gasteiger partial charge is 0.492 e. The Bertz CT molecular complexity index is 2240. The molecule has 0 atom stereocenters. The first-order valence-corrected chi connectivity index (χ1v) is 19.8. The van der Waals surface area contributed by atoms with E-state index in [2.05, 4.69) is 139 Å². The summed E-state index contributed by atoms with van der Waals surface area (Å²) in [6.45, 7) is 8.12. The van der Waals surface area contributed by atoms with E-state index in [4.69, 9.17) is 9.47 Å². The van der Waals surface area contributed by atoms with Crippen LogP contribution in [0.15, 0.2) is 97.1 Å². The van der Waals surface area contributed by atoms with Crippen LogP contribution >= 0.6 is 0 Å². The number of piperidine rings is 2. The molecule has 0 aliphatic carbocycles. The fourth-order valence-corrected chi connectivity index (χ4v) is 8.20. The van der Waals surface area contributed by atoms with Gasteiger partial charge in [0.25, 0.3) is 0 Å². The number of aromatic nitrogens is 4. The van der Waals surface area contributed by atoms with Crippen LogP contribution < -0.4 is 30.9 Å². The lowest BCUT2D eigenvalue weighted by Crippen LogP contribution is -2.33. The molecule has 0 radical (unpaired) electrons. The number of ether oxygens (including phenoxy) is 2. The Kier molecular flexibility index (Phi) is 10.1. The lowest BCUT2D eigenvalue weighted by molar-refractivity contribution is 0.183. The number of nitrogens with one attached hydrogen (secondary N) is 4. The van der Waals surface area contributed by atoms with Gasteiger partial charge in [-0.25, -0.2) is 0 Å². The average Bonchev–Trinajstić information content (AvgIpc) is 4.05. The molecule has 8 nitrogen and oxygen atoms in total. The number of hydrogen-bond acceptors (Lipinski definition) is 4. The summed E-state index contributed by atoms with van der Waals surface area (Å²) < 4.78 is 12.4. The molecule has 9 rings (SSSR count). The van der Waals surface area contributed by atoms with Gasteiger partial charge in [-0.2, -0.15) is 0 Å². The molecule has 54 heavy (non-hydrogen) atoms. The maximum atomic E-state index is 6.18. The molecule has 7 heterocycles. The Morgan fingerprint density at radius 1 is 0.426 bits per heavy atom. The van der Waals surface area contributed by atoms with Gasteiger partial charge >= 0.3 is 0 Å². The van der Waals surface area contributed by atoms with Gasteiger partial charge in [0.15, 0.2) is 0 Å². The fourth-order valence-electron chi connectivity index (χ4n) is 8.20. The third-order valence-corrected chi connectivity index (χ3v) is 11.1. The number of aromatic amines is 4. The zero-order valence-corrected chi connectivity index (χ0v) is 31.0. The molecule has 0 spiro atoms. The van der Waals surface area contributed by atoms with Crippen molar-refractivity contribution < 1.29 is 9.47 Å². The van der Waals surface area contributed by atoms with Crippen molar-refractivity contribution in [1.82, 2.24) is 29.7 Å². The van der Waals surface area contributed by atoms with E-state index in [0.29, 0.717) is 13.2 Å². The summed E-state index contributed by atoms with van der Waals surface area (Å²) in [6.07, 6.45) is 12.2. The highest BCUT2D eigenvalue weighted by atomic mass is 16.5. The number of H-pyrrole nitrogens is 4. The molecule has 2 fully saturated rings. The fraction of sp³-hybridized carbons (Fsp3) is 0.304. The van der Waals surface area contributed by atoms with Crippen molar-refractivity contribution in [3.8, 4) is 11.5 Å². The Balaban J connectivity index is 1.02. The maximum absolute atomic E-state index is 6.18. The SMILES string of the molecule is C1=c2ccc([nH]2)=C(c2ccc(OCCN3CCCCC3)cc2)c2ccc([nH]2)C=c2ccc([nH]2)=C(c2ccc(OCCN3CCCCC3)cc2)c2ccc1[nH]2. The van der Waals surface area contributed by atoms with E-state index in [1.165, 1.54) is 64.7 Å². The van der Waals surface area contributed by atoms with E-state index in [9.17, 15) is 0 Å². The second kappa shape index (κ2) is 15.9. The van der Waals surface area contributed by atoms with Crippen LogP contribution in [0, 0.1) is 0 Å². The average molecular weight is 719 g/mol. The highest BCUT2D eigenvalue weighted by Crippen LogP contribution is 2.25. The minimum absolute atomic E-state index is 0.710. The monoisotopic (exact) mass is 718 g/mol. The van der Waals surface area contributed by atoms with E-state index >= 15 is 0 Å². The summed E-state index contributed by atoms with van der Waals surface area (Å²) >= 11 is 0. The first kappa shape index (κ1) is 34.3. The van der Waals surface area contributed by atoms with E-state index in [1.807, 2.05) is 0 Å². The Labute approximate surface area is 316 Å². The van der Waals surface area contributed by atoms with Gasteiger partial charge in [0.05, 0.1) is 0 Å². The normalized spacial score (nSPS) is 16.5. The standard InChI is InChI=1S/C46H50N6O2/c1-3-23-51(24-4-1)27-29-53-39-15-7-33(8-16-39)45-41-19-11-35(47-41)31-37-13-21-43(49-37)46(44-22-14-38(50-44)32-36-12-20-42(45)48-36)34-9-17-40(18-10-34)54-30-28-52-25-5-2-6-26-52/h7-22,31-32,47-50H,1-6,23-30H2. The highest BCUT2D eigenvalue weighted by Gasteiger charge is 2.15. The van der Waals surface area contributed by atoms with Crippen molar-refractivity contribution in [2.75, 3.05) is 52.5 Å². The summed E-state index contributed by atoms with van der Waals surface area (Å²) in [5, 5.41) is 4.13. The molecule has 2 aromatic carbocycles. The molecule has 6 aromatic rings. The second-order valence-corrected chi connectivity index (χ2v) is 14.9. The molecule has 3 aliphatic heterocycles. The number of rotatable bonds is 10. The molecular weight excluding hydrogens is 669 g/mol. The van der Waals surface area contributed by atoms with Crippen LogP contribution in [0.2, 0.25) is 0 Å². The van der Waals surface area contributed by atoms with Crippen molar-refractivity contribution in [2.45, 2.75) is 38.5 Å². The van der Waals surface area contributed by atoms with Gasteiger partial charge in [0.1, 0.15) is 24.7 Å². The van der Waals surface area contributed by atoms with E-state index in [1.54, 1.807) is 0 Å². The molecule has 4 aromatic heterocycles. The topological polar surface area (TPSA) is 88.1 Å². The van der Waals surface area contributed by atoms with Crippen molar-refractivity contribution in [3.63, 3.8) is 0 Å². The first-order chi connectivity index (χ1) is 26.7. The van der Waals surface area contributed by atoms with Gasteiger partial charge in [0, 0.05) is 68.4 Å². The second-order valence-electron chi connectivity index (χ2n) is 14.9. The maximum Gasteiger partial charge on any atom is 0.119 e. The van der Waals surface area contributed by atoms with Crippen LogP contribution in [-0.4, -0.2) is 82.2 Å². The smallest absolute Gasteiger partial charge is 0.119 e. The van der Waals surface area contributed by atoms with Crippen molar-refractivity contribution in [3.05, 3.63) is 152 Å². The summed E-state index contributed by atoms with van der Waals surface area (Å²) in [5.41, 5.74) is 8.57. The predicted octanol–water partition coefficient (Wildman–Crippen LogP) is 5.19. The summed E-state index contributed by atoms with van der Waals surface area (Å²) in [6, 6.07) is 34.3. The first-order valence-electron chi connectivity index (χ1n) is 19.8. The van der Waals surface area contributed by atoms with Crippen LogP contribution in [0.4, 0.5) is 0 Å². The molecular formula is C46H50N6O2. The highest BCUT2D eigenvalue weighted by molar-refractivity contribution is 5.79. The number of likely N-dealkylation sites (tertiary alicyclic amines) is 2. The van der Waals surface area contributed by atoms with Gasteiger partial charge in [0.2, 0.25) is 0 Å². The van der Waals surface area contributed by atoms with Gasteiger partial charge in [-0.15, -0.1) is 0 Å². The van der Waals surface area contributed by atoms with Crippen molar-refractivity contribution in [1.29, 1.82) is 0 Å². The molecule has 0 unspecified atom stereocenters.